The van der Waals surface area contributed by atoms with Crippen LogP contribution in [0.15, 0.2) is 104 Å². The molecule has 2 aliphatic rings. The lowest BCUT2D eigenvalue weighted by Gasteiger charge is -2.32. The summed E-state index contributed by atoms with van der Waals surface area (Å²) in [4.78, 5) is 28.7. The Morgan fingerprint density at radius 3 is 1.25 bits per heavy atom. The first kappa shape index (κ1) is 80.0. The number of fused-ring (bicyclic) bond motifs is 2. The molecule has 21 nitrogen and oxygen atoms in total. The molecule has 0 unspecified atom stereocenters. The van der Waals surface area contributed by atoms with Crippen molar-refractivity contribution in [3.8, 4) is 33.6 Å². The lowest BCUT2D eigenvalue weighted by molar-refractivity contribution is 0.0930. The van der Waals surface area contributed by atoms with E-state index >= 15 is 0 Å². The second-order valence-electron chi connectivity index (χ2n) is 31.3. The van der Waals surface area contributed by atoms with E-state index in [1.165, 1.54) is 38.5 Å². The number of ether oxygens (including phenoxy) is 4. The average molecular weight is 1460 g/mol. The Labute approximate surface area is 598 Å². The van der Waals surface area contributed by atoms with E-state index in [1.807, 2.05) is 97.9 Å². The number of Topliss-reactive ketones (excluding diaryl/α,β-unsaturated/α-hetero) is 1. The summed E-state index contributed by atoms with van der Waals surface area (Å²) in [6, 6.07) is 27.0. The minimum Gasteiger partial charge on any atom is -0.361 e. The van der Waals surface area contributed by atoms with Crippen molar-refractivity contribution in [1.29, 1.82) is 0 Å². The van der Waals surface area contributed by atoms with Gasteiger partial charge in [0, 0.05) is 117 Å². The van der Waals surface area contributed by atoms with E-state index < -0.39 is 55.4 Å². The zero-order chi connectivity index (χ0) is 71.9. The fourth-order valence-electron chi connectivity index (χ4n) is 12.3. The third-order valence-electron chi connectivity index (χ3n) is 18.6. The summed E-state index contributed by atoms with van der Waals surface area (Å²) in [5, 5.41) is 19.2. The van der Waals surface area contributed by atoms with Crippen LogP contribution in [0.2, 0.25) is 103 Å². The Hall–Kier alpha value is -6.28. The molecule has 6 aromatic heterocycles. The van der Waals surface area contributed by atoms with Gasteiger partial charge >= 0.3 is 23.1 Å². The number of ketones is 1. The van der Waals surface area contributed by atoms with Gasteiger partial charge in [0.25, 0.3) is 0 Å². The molecule has 0 atom stereocenters. The summed E-state index contributed by atoms with van der Waals surface area (Å²) >= 11 is -1.50. The number of rotatable bonds is 31. The summed E-state index contributed by atoms with van der Waals surface area (Å²) < 4.78 is 66.2. The van der Waals surface area contributed by atoms with Crippen LogP contribution in [0, 0.1) is 11.8 Å². The number of para-hydroxylation sites is 2. The largest absolute Gasteiger partial charge is 0.361 e. The van der Waals surface area contributed by atoms with Crippen molar-refractivity contribution < 1.29 is 40.6 Å². The van der Waals surface area contributed by atoms with E-state index in [9.17, 15) is 4.79 Å². The van der Waals surface area contributed by atoms with Gasteiger partial charge in [-0.1, -0.05) is 142 Å². The van der Waals surface area contributed by atoms with Crippen molar-refractivity contribution in [2.75, 3.05) is 63.2 Å². The number of anilines is 2. The summed E-state index contributed by atoms with van der Waals surface area (Å²) in [5.41, 5.74) is 10.1. The molecular formula is C72H110N12O9S2Si4. The molecule has 540 valence electrons. The molecule has 0 spiro atoms. The zero-order valence-corrected chi connectivity index (χ0v) is 67.2. The maximum Gasteiger partial charge on any atom is 0.335 e. The number of nitrogens with zero attached hydrogens (tertiary/aromatic N) is 12. The van der Waals surface area contributed by atoms with E-state index in [1.54, 1.807) is 6.92 Å². The van der Waals surface area contributed by atoms with Crippen LogP contribution in [0.3, 0.4) is 0 Å². The number of hydrogen-bond acceptors (Lipinski definition) is 17. The molecule has 2 aliphatic carbocycles. The predicted octanol–water partition coefficient (Wildman–Crippen LogP) is 16.3. The predicted molar refractivity (Wildman–Crippen MR) is 410 cm³/mol. The first-order valence-electron chi connectivity index (χ1n) is 35.3. The van der Waals surface area contributed by atoms with E-state index in [0.29, 0.717) is 57.4 Å². The van der Waals surface area contributed by atoms with Crippen LogP contribution in [0.25, 0.3) is 44.9 Å². The van der Waals surface area contributed by atoms with Gasteiger partial charge in [0.1, 0.15) is 38.6 Å². The van der Waals surface area contributed by atoms with Crippen molar-refractivity contribution in [3.63, 3.8) is 0 Å². The summed E-state index contributed by atoms with van der Waals surface area (Å²) in [5.74, 6) is 3.89. The molecule has 0 saturated heterocycles. The first-order chi connectivity index (χ1) is 47.2. The zero-order valence-electron chi connectivity index (χ0n) is 61.5. The SMILES string of the molecule is CCC1CCC(c2cc(N(COCC[Si](C)(C)C)COCC[Si](C)(C)C)n3ncc(-c4cnn(-c5ccccc5)c4)c3n2)CC1.CCC1CCC(c2nc3c(-c4cnn(-c5ccccc5)c4)cnn3c(N(COCC[Si](C)(C)C)COCC[Si](C)(C)C)c2C(C)=O)CC1.O=S=O.O=S=O. The molecule has 8 aromatic rings. The fourth-order valence-corrected chi connectivity index (χ4v) is 15.4. The van der Waals surface area contributed by atoms with Gasteiger partial charge in [-0.05, 0) is 119 Å². The van der Waals surface area contributed by atoms with Crippen LogP contribution in [-0.4, -0.2) is 157 Å². The van der Waals surface area contributed by atoms with Gasteiger partial charge in [-0.15, -0.1) is 0 Å². The standard InChI is InChI=1S/C37H56N6O3Si2.C35H54N6O2Si2.2O2S/c1-9-29-15-17-30(18-16-29)35-34(28(2)44)37(41(26-45-19-21-47(3,4)5)27-46-20-22-48(6,7)8)43-36(40-35)33(24-39-43)31-23-38-42(25-31)32-13-11-10-12-14-32;1-8-28-14-16-29(17-15-28)33-22-34(39(26-42-18-20-44(2,3)4)27-43-19-21-45(5,6)7)41-35(38-33)32(24-37-41)30-23-36-40(25-30)31-12-10-9-11-13-31;2*1-3-2/h10-14,23-25,29-30H,9,15-22,26-27H2,1-8H3;9-13,22-25,28-29H,8,14-21,26-27H2,1-7H3;;. The molecule has 2 saturated carbocycles. The van der Waals surface area contributed by atoms with Gasteiger partial charge < -0.3 is 28.7 Å². The highest BCUT2D eigenvalue weighted by atomic mass is 32.1. The molecule has 2 fully saturated rings. The van der Waals surface area contributed by atoms with Crippen LogP contribution >= 0.6 is 0 Å². The van der Waals surface area contributed by atoms with E-state index in [4.69, 9.17) is 55.9 Å². The second-order valence-corrected chi connectivity index (χ2v) is 54.0. The molecule has 99 heavy (non-hydrogen) atoms. The number of benzene rings is 2. The molecule has 27 heteroatoms. The van der Waals surface area contributed by atoms with Crippen LogP contribution in [0.4, 0.5) is 11.6 Å². The molecule has 2 aromatic carbocycles. The number of carbonyl (C=O) groups excluding carboxylic acids is 1. The first-order valence-corrected chi connectivity index (χ1v) is 51.5. The van der Waals surface area contributed by atoms with Gasteiger partial charge in [-0.2, -0.15) is 46.3 Å². The summed E-state index contributed by atoms with van der Waals surface area (Å²) in [7, 11) is -4.99. The molecule has 6 heterocycles. The Bertz CT molecular complexity index is 3800. The monoisotopic (exact) mass is 1460 g/mol. The normalized spacial score (nSPS) is 16.6. The maximum absolute atomic E-state index is 13.8. The Balaban J connectivity index is 0.000000258. The topological polar surface area (TPSA) is 225 Å². The van der Waals surface area contributed by atoms with E-state index in [0.717, 1.165) is 137 Å². The average Bonchev–Trinajstić information content (AvgIpc) is 1.69. The van der Waals surface area contributed by atoms with Crippen molar-refractivity contribution in [1.82, 2.24) is 48.8 Å². The van der Waals surface area contributed by atoms with Crippen molar-refractivity contribution in [3.05, 3.63) is 121 Å². The van der Waals surface area contributed by atoms with Gasteiger partial charge in [-0.25, -0.2) is 19.3 Å². The maximum atomic E-state index is 13.8. The van der Waals surface area contributed by atoms with Gasteiger partial charge in [0.15, 0.2) is 17.1 Å². The highest BCUT2D eigenvalue weighted by Crippen LogP contribution is 2.42. The third-order valence-corrected chi connectivity index (χ3v) is 25.4. The second kappa shape index (κ2) is 38.1. The Kier molecular flexibility index (Phi) is 30.8. The molecule has 0 radical (unpaired) electrons. The Morgan fingerprint density at radius 1 is 0.495 bits per heavy atom. The van der Waals surface area contributed by atoms with Crippen LogP contribution in [0.1, 0.15) is 119 Å². The molecule has 10 rings (SSSR count). The van der Waals surface area contributed by atoms with E-state index in [-0.39, 0.29) is 11.7 Å². The quantitative estimate of drug-likeness (QED) is 0.0170. The molecular weight excluding hydrogens is 1350 g/mol. The van der Waals surface area contributed by atoms with Crippen LogP contribution < -0.4 is 9.80 Å². The third kappa shape index (κ3) is 24.5. The Morgan fingerprint density at radius 2 is 0.869 bits per heavy atom. The molecule has 0 amide bonds. The molecule has 0 N–H and O–H groups in total. The summed E-state index contributed by atoms with van der Waals surface area (Å²) in [6.45, 7) is 39.2. The lowest BCUT2D eigenvalue weighted by atomic mass is 9.78. The van der Waals surface area contributed by atoms with Crippen LogP contribution in [-0.2, 0) is 42.1 Å². The minimum absolute atomic E-state index is 0.00448. The molecule has 0 bridgehead atoms. The van der Waals surface area contributed by atoms with Gasteiger partial charge in [-0.3, -0.25) is 4.79 Å². The van der Waals surface area contributed by atoms with Crippen molar-refractivity contribution in [2.45, 2.75) is 200 Å². The number of hydrogen-bond donors (Lipinski definition) is 0. The minimum atomic E-state index is -1.29. The number of aromatic nitrogens is 10. The van der Waals surface area contributed by atoms with Gasteiger partial charge in [0.2, 0.25) is 0 Å². The lowest BCUT2D eigenvalue weighted by Crippen LogP contribution is -2.35. The van der Waals surface area contributed by atoms with Crippen LogP contribution in [0.5, 0.6) is 0 Å². The van der Waals surface area contributed by atoms with E-state index in [2.05, 4.69) is 137 Å². The van der Waals surface area contributed by atoms with Crippen molar-refractivity contribution in [2.24, 2.45) is 11.8 Å². The smallest absolute Gasteiger partial charge is 0.335 e. The van der Waals surface area contributed by atoms with Gasteiger partial charge in [0.05, 0.1) is 47.4 Å². The fraction of sp³-hybridized carbons (Fsp3) is 0.569. The highest BCUT2D eigenvalue weighted by molar-refractivity contribution is 7.52. The highest BCUT2D eigenvalue weighted by Gasteiger charge is 2.33. The van der Waals surface area contributed by atoms with Crippen molar-refractivity contribution >= 4 is 84.2 Å². The molecule has 0 aliphatic heterocycles. The summed E-state index contributed by atoms with van der Waals surface area (Å²) in [6.07, 6.45) is 23.4. The number of carbonyl (C=O) groups is 1.